The van der Waals surface area contributed by atoms with Gasteiger partial charge in [0, 0.05) is 30.1 Å². The van der Waals surface area contributed by atoms with Crippen LogP contribution in [0.2, 0.25) is 0 Å². The van der Waals surface area contributed by atoms with Gasteiger partial charge in [-0.15, -0.1) is 0 Å². The van der Waals surface area contributed by atoms with E-state index >= 15 is 0 Å². The highest BCUT2D eigenvalue weighted by atomic mass is 16.1. The summed E-state index contributed by atoms with van der Waals surface area (Å²) < 4.78 is 0. The zero-order valence-corrected chi connectivity index (χ0v) is 13.2. The molecular formula is C18H22N4O. The molecule has 0 spiro atoms. The van der Waals surface area contributed by atoms with Gasteiger partial charge in [0.25, 0.3) is 0 Å². The number of hydrogen-bond donors (Lipinski definition) is 2. The molecule has 1 fully saturated rings. The highest BCUT2D eigenvalue weighted by Crippen LogP contribution is 2.21. The van der Waals surface area contributed by atoms with Crippen molar-refractivity contribution in [3.8, 4) is 11.1 Å². The fourth-order valence-electron chi connectivity index (χ4n) is 2.92. The summed E-state index contributed by atoms with van der Waals surface area (Å²) in [7, 11) is 0. The number of benzene rings is 1. The van der Waals surface area contributed by atoms with Crippen molar-refractivity contribution in [1.29, 1.82) is 0 Å². The minimum atomic E-state index is 0.0966. The zero-order valence-electron chi connectivity index (χ0n) is 13.2. The Labute approximate surface area is 136 Å². The van der Waals surface area contributed by atoms with Crippen LogP contribution in [0.1, 0.15) is 25.7 Å². The van der Waals surface area contributed by atoms with Crippen LogP contribution in [0.15, 0.2) is 43.0 Å². The number of piperidine rings is 1. The Hall–Kier alpha value is -2.27. The van der Waals surface area contributed by atoms with Gasteiger partial charge in [-0.3, -0.25) is 4.79 Å². The molecule has 5 heteroatoms. The highest BCUT2D eigenvalue weighted by Gasteiger charge is 2.14. The maximum absolute atomic E-state index is 12.1. The summed E-state index contributed by atoms with van der Waals surface area (Å²) in [5.41, 5.74) is 2.84. The van der Waals surface area contributed by atoms with E-state index in [4.69, 9.17) is 0 Å². The topological polar surface area (TPSA) is 66.9 Å². The van der Waals surface area contributed by atoms with Crippen LogP contribution in [0.4, 0.5) is 5.69 Å². The van der Waals surface area contributed by atoms with Gasteiger partial charge in [-0.25, -0.2) is 9.97 Å². The number of nitrogens with one attached hydrogen (secondary N) is 2. The molecule has 0 saturated carbocycles. The zero-order chi connectivity index (χ0) is 15.9. The standard InChI is InChI=1S/C18H22N4O/c23-18(6-1-14-7-9-19-10-8-14)22-17-4-2-15(3-5-17)16-11-20-13-21-12-16/h2-5,11-14,19H,1,6-10H2,(H,22,23). The van der Waals surface area contributed by atoms with E-state index < -0.39 is 0 Å². The first-order chi connectivity index (χ1) is 11.3. The Morgan fingerprint density at radius 1 is 1.09 bits per heavy atom. The summed E-state index contributed by atoms with van der Waals surface area (Å²) in [5, 5.41) is 6.33. The summed E-state index contributed by atoms with van der Waals surface area (Å²) in [5.74, 6) is 0.779. The Kier molecular flexibility index (Phi) is 5.32. The van der Waals surface area contributed by atoms with Crippen molar-refractivity contribution < 1.29 is 4.79 Å². The molecule has 0 unspecified atom stereocenters. The van der Waals surface area contributed by atoms with Gasteiger partial charge in [0.15, 0.2) is 0 Å². The molecule has 2 heterocycles. The van der Waals surface area contributed by atoms with Crippen LogP contribution >= 0.6 is 0 Å². The van der Waals surface area contributed by atoms with Crippen LogP contribution in [-0.4, -0.2) is 29.0 Å². The molecule has 23 heavy (non-hydrogen) atoms. The lowest BCUT2D eigenvalue weighted by molar-refractivity contribution is -0.116. The number of aromatic nitrogens is 2. The van der Waals surface area contributed by atoms with E-state index in [0.717, 1.165) is 36.3 Å². The smallest absolute Gasteiger partial charge is 0.224 e. The van der Waals surface area contributed by atoms with Crippen LogP contribution in [0, 0.1) is 5.92 Å². The van der Waals surface area contributed by atoms with Crippen molar-refractivity contribution in [3.63, 3.8) is 0 Å². The van der Waals surface area contributed by atoms with Gasteiger partial charge >= 0.3 is 0 Å². The summed E-state index contributed by atoms with van der Waals surface area (Å²) in [4.78, 5) is 20.1. The lowest BCUT2D eigenvalue weighted by Gasteiger charge is -2.22. The summed E-state index contributed by atoms with van der Waals surface area (Å²) in [6.45, 7) is 2.16. The quantitative estimate of drug-likeness (QED) is 0.891. The van der Waals surface area contributed by atoms with E-state index in [1.54, 1.807) is 12.4 Å². The molecule has 1 aliphatic heterocycles. The molecule has 0 radical (unpaired) electrons. The molecule has 2 aromatic rings. The van der Waals surface area contributed by atoms with Gasteiger partial charge in [0.2, 0.25) is 5.91 Å². The predicted molar refractivity (Wildman–Crippen MR) is 90.9 cm³/mol. The van der Waals surface area contributed by atoms with Gasteiger partial charge in [-0.2, -0.15) is 0 Å². The van der Waals surface area contributed by atoms with Gasteiger partial charge in [-0.1, -0.05) is 12.1 Å². The van der Waals surface area contributed by atoms with Crippen molar-refractivity contribution in [2.24, 2.45) is 5.92 Å². The van der Waals surface area contributed by atoms with E-state index in [1.807, 2.05) is 24.3 Å². The molecule has 0 atom stereocenters. The third-order valence-corrected chi connectivity index (χ3v) is 4.30. The Balaban J connectivity index is 1.50. The van der Waals surface area contributed by atoms with Crippen molar-refractivity contribution in [1.82, 2.24) is 15.3 Å². The lowest BCUT2D eigenvalue weighted by atomic mass is 9.93. The van der Waals surface area contributed by atoms with E-state index in [9.17, 15) is 4.79 Å². The van der Waals surface area contributed by atoms with Gasteiger partial charge in [0.05, 0.1) is 0 Å². The molecule has 1 amide bonds. The number of nitrogens with zero attached hydrogens (tertiary/aromatic N) is 2. The van der Waals surface area contributed by atoms with Gasteiger partial charge in [0.1, 0.15) is 6.33 Å². The minimum absolute atomic E-state index is 0.0966. The van der Waals surface area contributed by atoms with E-state index in [2.05, 4.69) is 20.6 Å². The fourth-order valence-corrected chi connectivity index (χ4v) is 2.92. The normalized spacial score (nSPS) is 15.3. The maximum atomic E-state index is 12.1. The average Bonchev–Trinajstić information content (AvgIpc) is 2.62. The molecule has 0 bridgehead atoms. The fraction of sp³-hybridized carbons (Fsp3) is 0.389. The van der Waals surface area contributed by atoms with Gasteiger partial charge < -0.3 is 10.6 Å². The van der Waals surface area contributed by atoms with Gasteiger partial charge in [-0.05, 0) is 56.0 Å². The molecule has 3 rings (SSSR count). The molecule has 1 saturated heterocycles. The highest BCUT2D eigenvalue weighted by molar-refractivity contribution is 5.90. The Morgan fingerprint density at radius 2 is 1.78 bits per heavy atom. The summed E-state index contributed by atoms with van der Waals surface area (Å²) in [6, 6.07) is 7.79. The molecule has 120 valence electrons. The summed E-state index contributed by atoms with van der Waals surface area (Å²) >= 11 is 0. The number of carbonyl (C=O) groups excluding carboxylic acids is 1. The van der Waals surface area contributed by atoms with E-state index in [-0.39, 0.29) is 5.91 Å². The first-order valence-electron chi connectivity index (χ1n) is 8.17. The largest absolute Gasteiger partial charge is 0.326 e. The van der Waals surface area contributed by atoms with Crippen molar-refractivity contribution in [3.05, 3.63) is 43.0 Å². The second kappa shape index (κ2) is 7.83. The van der Waals surface area contributed by atoms with Crippen molar-refractivity contribution in [2.45, 2.75) is 25.7 Å². The first kappa shape index (κ1) is 15.6. The number of carbonyl (C=O) groups is 1. The van der Waals surface area contributed by atoms with Crippen LogP contribution < -0.4 is 10.6 Å². The van der Waals surface area contributed by atoms with Crippen LogP contribution in [0.3, 0.4) is 0 Å². The average molecular weight is 310 g/mol. The Morgan fingerprint density at radius 3 is 2.48 bits per heavy atom. The first-order valence-corrected chi connectivity index (χ1v) is 8.17. The molecule has 1 aliphatic rings. The van der Waals surface area contributed by atoms with E-state index in [1.165, 1.54) is 19.2 Å². The van der Waals surface area contributed by atoms with Crippen molar-refractivity contribution >= 4 is 11.6 Å². The second-order valence-corrected chi connectivity index (χ2v) is 5.98. The molecule has 5 nitrogen and oxygen atoms in total. The summed E-state index contributed by atoms with van der Waals surface area (Å²) in [6.07, 6.45) is 9.01. The molecule has 1 aromatic heterocycles. The SMILES string of the molecule is O=C(CCC1CCNCC1)Nc1ccc(-c2cncnc2)cc1. The number of rotatable bonds is 5. The van der Waals surface area contributed by atoms with Crippen LogP contribution in [0.5, 0.6) is 0 Å². The molecule has 0 aliphatic carbocycles. The third kappa shape index (κ3) is 4.60. The van der Waals surface area contributed by atoms with Crippen LogP contribution in [0.25, 0.3) is 11.1 Å². The monoisotopic (exact) mass is 310 g/mol. The lowest BCUT2D eigenvalue weighted by Crippen LogP contribution is -2.28. The van der Waals surface area contributed by atoms with Crippen LogP contribution in [-0.2, 0) is 4.79 Å². The predicted octanol–water partition coefficient (Wildman–Crippen LogP) is 2.86. The maximum Gasteiger partial charge on any atom is 0.224 e. The third-order valence-electron chi connectivity index (χ3n) is 4.30. The molecular weight excluding hydrogens is 288 g/mol. The molecule has 1 aromatic carbocycles. The minimum Gasteiger partial charge on any atom is -0.326 e. The Bertz CT molecular complexity index is 621. The second-order valence-electron chi connectivity index (χ2n) is 5.98. The number of amides is 1. The van der Waals surface area contributed by atoms with E-state index in [0.29, 0.717) is 12.3 Å². The number of hydrogen-bond acceptors (Lipinski definition) is 4. The number of anilines is 1. The van der Waals surface area contributed by atoms with Crippen molar-refractivity contribution in [2.75, 3.05) is 18.4 Å². The molecule has 2 N–H and O–H groups in total.